The Morgan fingerprint density at radius 1 is 1.30 bits per heavy atom. The van der Waals surface area contributed by atoms with Crippen LogP contribution in [0, 0.1) is 5.82 Å². The molecule has 17 heteroatoms. The maximum Gasteiger partial charge on any atom is 0.338 e. The van der Waals surface area contributed by atoms with Gasteiger partial charge in [0.2, 0.25) is 0 Å². The van der Waals surface area contributed by atoms with Gasteiger partial charge in [-0.15, -0.1) is 0 Å². The predicted molar refractivity (Wildman–Crippen MR) is 136 cm³/mol. The van der Waals surface area contributed by atoms with Crippen molar-refractivity contribution in [3.63, 3.8) is 0 Å². The standard InChI is InChI=1S/C20H24ClFN4O8P2S/c1-10(11-4-2-3-5-13(11)22)24-14-6-16(21)25-19-12(14)7-23-26(19)20-18(28)17(27)15(34-20)8-33-35(29,30)9-36(31,32)37/h2-7,10,15,17-18,20,27-28H,8-9H2,1H3,(H,24,25)(H,29,30)(H2,31,32,37)/t10-,15+,17+,18+,20?/m0/s1. The lowest BCUT2D eigenvalue weighted by Gasteiger charge is -2.19. The second kappa shape index (κ2) is 10.9. The molecule has 1 fully saturated rings. The second-order valence-corrected chi connectivity index (χ2v) is 14.7. The van der Waals surface area contributed by atoms with Gasteiger partial charge in [0.25, 0.3) is 6.57 Å². The van der Waals surface area contributed by atoms with E-state index in [4.69, 9.17) is 20.9 Å². The molecule has 3 aromatic rings. The van der Waals surface area contributed by atoms with E-state index in [0.717, 1.165) is 0 Å². The molecule has 12 nitrogen and oxygen atoms in total. The van der Waals surface area contributed by atoms with Crippen LogP contribution in [0.1, 0.15) is 24.8 Å². The first kappa shape index (κ1) is 28.4. The quantitative estimate of drug-likeness (QED) is 0.121. The fraction of sp³-hybridized carbons (Fsp3) is 0.400. The minimum absolute atomic E-state index is 0.0619. The monoisotopic (exact) mass is 596 g/mol. The van der Waals surface area contributed by atoms with Crippen molar-refractivity contribution < 1.29 is 42.8 Å². The average Bonchev–Trinajstić information content (AvgIpc) is 3.32. The maximum atomic E-state index is 14.2. The summed E-state index contributed by atoms with van der Waals surface area (Å²) < 4.78 is 49.2. The Balaban J connectivity index is 1.56. The van der Waals surface area contributed by atoms with Gasteiger partial charge in [0.15, 0.2) is 11.9 Å². The number of aliphatic hydroxyl groups is 2. The lowest BCUT2D eigenvalue weighted by atomic mass is 10.1. The predicted octanol–water partition coefficient (Wildman–Crippen LogP) is 3.29. The van der Waals surface area contributed by atoms with E-state index in [1.807, 2.05) is 0 Å². The Hall–Kier alpha value is -1.57. The van der Waals surface area contributed by atoms with E-state index in [2.05, 4.69) is 27.6 Å². The minimum Gasteiger partial charge on any atom is -0.387 e. The number of aromatic nitrogens is 3. The van der Waals surface area contributed by atoms with Crippen molar-refractivity contribution in [2.45, 2.75) is 37.5 Å². The van der Waals surface area contributed by atoms with Crippen molar-refractivity contribution in [1.82, 2.24) is 14.8 Å². The number of halogens is 2. The third-order valence-corrected chi connectivity index (χ3v) is 10.4. The summed E-state index contributed by atoms with van der Waals surface area (Å²) in [4.78, 5) is 23.2. The lowest BCUT2D eigenvalue weighted by Crippen LogP contribution is -2.33. The molecule has 3 unspecified atom stereocenters. The van der Waals surface area contributed by atoms with Crippen molar-refractivity contribution in [3.8, 4) is 0 Å². The van der Waals surface area contributed by atoms with Crippen LogP contribution < -0.4 is 5.32 Å². The Bertz CT molecular complexity index is 1390. The van der Waals surface area contributed by atoms with Crippen molar-refractivity contribution in [2.24, 2.45) is 0 Å². The van der Waals surface area contributed by atoms with Crippen LogP contribution in [0.2, 0.25) is 5.15 Å². The molecule has 1 saturated heterocycles. The smallest absolute Gasteiger partial charge is 0.338 e. The molecule has 37 heavy (non-hydrogen) atoms. The molecule has 0 radical (unpaired) electrons. The lowest BCUT2D eigenvalue weighted by molar-refractivity contribution is -0.0541. The third kappa shape index (κ3) is 6.54. The summed E-state index contributed by atoms with van der Waals surface area (Å²) in [6, 6.07) is 7.37. The molecule has 5 N–H and O–H groups in total. The number of pyridine rings is 1. The summed E-state index contributed by atoms with van der Waals surface area (Å²) in [5.41, 5.74) is 1.08. The van der Waals surface area contributed by atoms with Crippen LogP contribution >= 0.6 is 38.0 Å². The first-order chi connectivity index (χ1) is 17.3. The fourth-order valence-electron chi connectivity index (χ4n) is 3.96. The summed E-state index contributed by atoms with van der Waals surface area (Å²) in [7, 11) is -4.54. The number of nitrogens with one attached hydrogen (secondary N) is 1. The number of benzene rings is 1. The van der Waals surface area contributed by atoms with Gasteiger partial charge < -0.3 is 34.6 Å². The molecule has 0 amide bonds. The van der Waals surface area contributed by atoms with Gasteiger partial charge in [-0.2, -0.15) is 5.10 Å². The summed E-state index contributed by atoms with van der Waals surface area (Å²) in [5, 5.41) is 28.9. The molecule has 1 aliphatic rings. The zero-order valence-corrected chi connectivity index (χ0v) is 22.6. The molecule has 7 atom stereocenters. The number of hydrogen-bond acceptors (Lipinski definition) is 9. The molecule has 1 aliphatic heterocycles. The Kier molecular flexibility index (Phi) is 8.37. The largest absolute Gasteiger partial charge is 0.387 e. The summed E-state index contributed by atoms with van der Waals surface area (Å²) in [6.45, 7) is -3.06. The van der Waals surface area contributed by atoms with Crippen LogP contribution in [-0.2, 0) is 18.4 Å². The molecule has 0 saturated carbocycles. The molecular formula is C20H24ClFN4O8P2S. The summed E-state index contributed by atoms with van der Waals surface area (Å²) in [6.07, 6.45) is -4.24. The zero-order chi connectivity index (χ0) is 27.1. The number of rotatable bonds is 9. The highest BCUT2D eigenvalue weighted by molar-refractivity contribution is 8.47. The van der Waals surface area contributed by atoms with Gasteiger partial charge in [0.05, 0.1) is 29.9 Å². The van der Waals surface area contributed by atoms with Crippen LogP contribution in [0.5, 0.6) is 0 Å². The summed E-state index contributed by atoms with van der Waals surface area (Å²) in [5.74, 6) is -1.49. The molecule has 2 aromatic heterocycles. The van der Waals surface area contributed by atoms with Crippen molar-refractivity contribution in [1.29, 1.82) is 0 Å². The molecule has 0 aliphatic carbocycles. The molecular weight excluding hydrogens is 573 g/mol. The normalized spacial score (nSPS) is 26.1. The minimum atomic E-state index is -4.54. The van der Waals surface area contributed by atoms with Crippen LogP contribution in [-0.4, -0.2) is 65.6 Å². The number of ether oxygens (including phenoxy) is 1. The first-order valence-corrected chi connectivity index (χ1v) is 16.0. The SMILES string of the molecule is C[C@H](Nc1cc(Cl)nc2c1cnn2C1O[C@H](COP(=O)(O)CP(=O)(O)S)[C@@H](O)[C@H]1O)c1ccccc1F. The van der Waals surface area contributed by atoms with Crippen LogP contribution in [0.15, 0.2) is 36.5 Å². The number of aliphatic hydroxyl groups excluding tert-OH is 2. The fourth-order valence-corrected chi connectivity index (χ4v) is 8.16. The Morgan fingerprint density at radius 2 is 2.00 bits per heavy atom. The van der Waals surface area contributed by atoms with Crippen molar-refractivity contribution in [2.75, 3.05) is 17.8 Å². The van der Waals surface area contributed by atoms with Crippen LogP contribution in [0.25, 0.3) is 11.0 Å². The van der Waals surface area contributed by atoms with Gasteiger partial charge in [-0.1, -0.05) is 42.0 Å². The number of nitrogens with zero attached hydrogens (tertiary/aromatic N) is 3. The van der Waals surface area contributed by atoms with E-state index < -0.39 is 57.3 Å². The molecule has 3 heterocycles. The molecule has 1 aromatic carbocycles. The highest BCUT2D eigenvalue weighted by Gasteiger charge is 2.46. The van der Waals surface area contributed by atoms with Crippen LogP contribution in [0.3, 0.4) is 0 Å². The maximum absolute atomic E-state index is 14.2. The van der Waals surface area contributed by atoms with E-state index in [0.29, 0.717) is 16.6 Å². The number of hydrogen-bond donors (Lipinski definition) is 6. The van der Waals surface area contributed by atoms with Gasteiger partial charge in [0.1, 0.15) is 35.2 Å². The molecule has 0 bridgehead atoms. The van der Waals surface area contributed by atoms with Gasteiger partial charge in [-0.25, -0.2) is 14.1 Å². The highest BCUT2D eigenvalue weighted by atomic mass is 35.5. The topological polar surface area (TPSA) is 176 Å². The Morgan fingerprint density at radius 3 is 2.68 bits per heavy atom. The molecule has 0 spiro atoms. The van der Waals surface area contributed by atoms with Gasteiger partial charge in [-0.3, -0.25) is 9.13 Å². The van der Waals surface area contributed by atoms with E-state index >= 15 is 0 Å². The van der Waals surface area contributed by atoms with Crippen molar-refractivity contribution >= 4 is 54.7 Å². The average molecular weight is 597 g/mol. The first-order valence-electron chi connectivity index (χ1n) is 10.8. The molecule has 202 valence electrons. The number of anilines is 1. The second-order valence-electron chi connectivity index (χ2n) is 8.49. The third-order valence-electron chi connectivity index (χ3n) is 5.66. The van der Waals surface area contributed by atoms with Gasteiger partial charge in [0, 0.05) is 5.56 Å². The summed E-state index contributed by atoms with van der Waals surface area (Å²) >= 11 is 9.58. The van der Waals surface area contributed by atoms with Gasteiger partial charge in [-0.05, 0) is 19.1 Å². The van der Waals surface area contributed by atoms with Gasteiger partial charge >= 0.3 is 7.60 Å². The molecule has 4 rings (SSSR count). The number of fused-ring (bicyclic) bond motifs is 1. The highest BCUT2D eigenvalue weighted by Crippen LogP contribution is 2.60. The van der Waals surface area contributed by atoms with E-state index in [-0.39, 0.29) is 16.6 Å². The number of thiol groups is 1. The van der Waals surface area contributed by atoms with Crippen molar-refractivity contribution in [3.05, 3.63) is 53.1 Å². The Labute approximate surface area is 220 Å². The zero-order valence-electron chi connectivity index (χ0n) is 19.1. The van der Waals surface area contributed by atoms with Crippen LogP contribution in [0.4, 0.5) is 10.1 Å². The van der Waals surface area contributed by atoms with E-state index in [1.165, 1.54) is 23.0 Å². The van der Waals surface area contributed by atoms with E-state index in [9.17, 15) is 33.5 Å². The van der Waals surface area contributed by atoms with E-state index in [1.54, 1.807) is 25.1 Å².